The molecule has 0 radical (unpaired) electrons. The number of rotatable bonds is 5. The van der Waals surface area contributed by atoms with Gasteiger partial charge >= 0.3 is 0 Å². The monoisotopic (exact) mass is 360 g/mol. The summed E-state index contributed by atoms with van der Waals surface area (Å²) in [5.74, 6) is 0. The minimum absolute atomic E-state index is 0.175. The van der Waals surface area contributed by atoms with Crippen molar-refractivity contribution in [2.75, 3.05) is 19.5 Å². The molecule has 1 aliphatic heterocycles. The second-order valence-electron chi connectivity index (χ2n) is 6.67. The standard InChI is InChI=1S/C15H25N2O4PS/c1-5-9-8-17(15(23)16-13(9)20)14-12(19)11(18)10(21-14)6-7-22(2,3)4/h8,10-12,14,18-19H,2,5-7H2,1,3-4H3,(H,16,20,23)/t10?,11-,12-,14-/m1/s1. The summed E-state index contributed by atoms with van der Waals surface area (Å²) in [5.41, 5.74) is 0.319. The molecule has 6 nitrogen and oxygen atoms in total. The van der Waals surface area contributed by atoms with Crippen LogP contribution in [0, 0.1) is 4.77 Å². The van der Waals surface area contributed by atoms with Gasteiger partial charge in [0.1, 0.15) is 12.2 Å². The van der Waals surface area contributed by atoms with Crippen molar-refractivity contribution in [3.8, 4) is 0 Å². The van der Waals surface area contributed by atoms with E-state index < -0.39 is 31.4 Å². The number of ether oxygens (including phenoxy) is 1. The molecule has 23 heavy (non-hydrogen) atoms. The minimum Gasteiger partial charge on any atom is -0.388 e. The van der Waals surface area contributed by atoms with E-state index in [9.17, 15) is 15.0 Å². The summed E-state index contributed by atoms with van der Waals surface area (Å²) in [6.45, 7) is 4.87. The van der Waals surface area contributed by atoms with Gasteiger partial charge < -0.3 is 14.9 Å². The van der Waals surface area contributed by atoms with Gasteiger partial charge in [0.05, 0.1) is 6.10 Å². The molecule has 0 bridgehead atoms. The summed E-state index contributed by atoms with van der Waals surface area (Å²) in [4.78, 5) is 14.4. The summed E-state index contributed by atoms with van der Waals surface area (Å²) in [7, 11) is 0. The van der Waals surface area contributed by atoms with E-state index in [1.807, 2.05) is 6.92 Å². The molecule has 0 amide bonds. The number of aryl methyl sites for hydroxylation is 1. The number of aromatic nitrogens is 2. The molecule has 0 aliphatic carbocycles. The average molecular weight is 360 g/mol. The van der Waals surface area contributed by atoms with Gasteiger partial charge in [-0.1, -0.05) is 6.92 Å². The van der Waals surface area contributed by atoms with Crippen molar-refractivity contribution in [2.24, 2.45) is 0 Å². The van der Waals surface area contributed by atoms with Gasteiger partial charge in [0, 0.05) is 11.8 Å². The normalized spacial score (nSPS) is 28.2. The zero-order valence-electron chi connectivity index (χ0n) is 13.7. The van der Waals surface area contributed by atoms with Crippen LogP contribution in [0.3, 0.4) is 0 Å². The van der Waals surface area contributed by atoms with Crippen LogP contribution >= 0.6 is 19.1 Å². The third-order valence-electron chi connectivity index (χ3n) is 4.05. The van der Waals surface area contributed by atoms with Crippen molar-refractivity contribution >= 4 is 25.4 Å². The molecule has 130 valence electrons. The second-order valence-corrected chi connectivity index (χ2v) is 11.4. The molecular formula is C15H25N2O4PS. The highest BCUT2D eigenvalue weighted by atomic mass is 32.1. The minimum atomic E-state index is -1.23. The molecule has 1 aromatic heterocycles. The number of hydrogen-bond donors (Lipinski definition) is 3. The lowest BCUT2D eigenvalue weighted by atomic mass is 10.1. The second kappa shape index (κ2) is 7.03. The van der Waals surface area contributed by atoms with Gasteiger partial charge in [-0.25, -0.2) is 0 Å². The van der Waals surface area contributed by atoms with E-state index >= 15 is 0 Å². The van der Waals surface area contributed by atoms with Crippen molar-refractivity contribution in [1.82, 2.24) is 9.55 Å². The van der Waals surface area contributed by atoms with Crippen LogP contribution in [0.4, 0.5) is 0 Å². The van der Waals surface area contributed by atoms with E-state index in [1.54, 1.807) is 6.20 Å². The number of aromatic amines is 1. The first kappa shape index (κ1) is 18.6. The number of nitrogens with zero attached hydrogens (tertiary/aromatic N) is 1. The molecule has 1 aromatic rings. The quantitative estimate of drug-likeness (QED) is 0.542. The molecule has 1 aliphatic rings. The Hall–Kier alpha value is -0.720. The maximum Gasteiger partial charge on any atom is 0.254 e. The number of H-pyrrole nitrogens is 1. The first-order valence-electron chi connectivity index (χ1n) is 7.67. The first-order chi connectivity index (χ1) is 10.6. The molecule has 2 heterocycles. The maximum absolute atomic E-state index is 11.8. The number of aliphatic hydroxyl groups is 2. The maximum atomic E-state index is 11.8. The highest BCUT2D eigenvalue weighted by molar-refractivity contribution is 7.72. The number of hydrogen-bond acceptors (Lipinski definition) is 5. The summed E-state index contributed by atoms with van der Waals surface area (Å²) in [6.07, 6.45) is 4.46. The number of nitrogens with one attached hydrogen (secondary N) is 1. The summed E-state index contributed by atoms with van der Waals surface area (Å²) < 4.78 is 7.55. The Morgan fingerprint density at radius 2 is 2.09 bits per heavy atom. The van der Waals surface area contributed by atoms with Crippen molar-refractivity contribution in [2.45, 2.75) is 44.3 Å². The SMILES string of the molecule is C=P(C)(C)CCC1O[C@@H](n2cc(CC)c(=O)[nH]c2=S)[C@H](O)[C@@H]1O. The molecule has 0 aromatic carbocycles. The predicted octanol–water partition coefficient (Wildman–Crippen LogP) is 1.19. The van der Waals surface area contributed by atoms with E-state index in [2.05, 4.69) is 24.6 Å². The fourth-order valence-electron chi connectivity index (χ4n) is 2.64. The molecule has 1 unspecified atom stereocenters. The van der Waals surface area contributed by atoms with Gasteiger partial charge in [-0.2, -0.15) is 0 Å². The van der Waals surface area contributed by atoms with Crippen LogP contribution in [-0.4, -0.2) is 63.9 Å². The molecule has 4 atom stereocenters. The van der Waals surface area contributed by atoms with Gasteiger partial charge in [0.25, 0.3) is 5.56 Å². The van der Waals surface area contributed by atoms with Crippen LogP contribution in [-0.2, 0) is 11.2 Å². The van der Waals surface area contributed by atoms with Crippen LogP contribution in [0.5, 0.6) is 0 Å². The third-order valence-corrected chi connectivity index (χ3v) is 5.83. The summed E-state index contributed by atoms with van der Waals surface area (Å²) in [5, 5.41) is 20.6. The Morgan fingerprint density at radius 1 is 1.43 bits per heavy atom. The van der Waals surface area contributed by atoms with Crippen molar-refractivity contribution in [1.29, 1.82) is 0 Å². The number of aliphatic hydroxyl groups excluding tert-OH is 2. The fraction of sp³-hybridized carbons (Fsp3) is 0.667. The third kappa shape index (κ3) is 4.22. The Balaban J connectivity index is 2.26. The molecule has 0 spiro atoms. The lowest BCUT2D eigenvalue weighted by Gasteiger charge is -2.19. The Morgan fingerprint density at radius 3 is 2.65 bits per heavy atom. The van der Waals surface area contributed by atoms with Crippen LogP contribution < -0.4 is 5.56 Å². The smallest absolute Gasteiger partial charge is 0.254 e. The lowest BCUT2D eigenvalue weighted by molar-refractivity contribution is -0.0392. The lowest BCUT2D eigenvalue weighted by Crippen LogP contribution is -2.32. The summed E-state index contributed by atoms with van der Waals surface area (Å²) >= 11 is 5.17. The highest BCUT2D eigenvalue weighted by Gasteiger charge is 2.43. The van der Waals surface area contributed by atoms with E-state index in [4.69, 9.17) is 17.0 Å². The molecule has 8 heteroatoms. The Bertz CT molecular complexity index is 723. The van der Waals surface area contributed by atoms with Crippen LogP contribution in [0.15, 0.2) is 11.0 Å². The van der Waals surface area contributed by atoms with Crippen LogP contribution in [0.2, 0.25) is 0 Å². The topological polar surface area (TPSA) is 87.5 Å². The predicted molar refractivity (Wildman–Crippen MR) is 96.6 cm³/mol. The van der Waals surface area contributed by atoms with E-state index in [0.29, 0.717) is 18.4 Å². The van der Waals surface area contributed by atoms with Crippen LogP contribution in [0.1, 0.15) is 25.1 Å². The van der Waals surface area contributed by atoms with Crippen molar-refractivity contribution in [3.05, 3.63) is 26.9 Å². The fourth-order valence-corrected chi connectivity index (χ4v) is 3.85. The Labute approximate surface area is 141 Å². The van der Waals surface area contributed by atoms with Gasteiger partial charge in [-0.3, -0.25) is 14.3 Å². The molecule has 3 N–H and O–H groups in total. The van der Waals surface area contributed by atoms with Crippen molar-refractivity contribution in [3.63, 3.8) is 0 Å². The largest absolute Gasteiger partial charge is 0.388 e. The van der Waals surface area contributed by atoms with Gasteiger partial charge in [-0.15, -0.1) is 13.2 Å². The van der Waals surface area contributed by atoms with E-state index in [1.165, 1.54) is 4.57 Å². The molecule has 1 saturated heterocycles. The average Bonchev–Trinajstić information content (AvgIpc) is 2.73. The summed E-state index contributed by atoms with van der Waals surface area (Å²) in [6, 6.07) is 0. The van der Waals surface area contributed by atoms with E-state index in [0.717, 1.165) is 6.16 Å². The molecule has 0 saturated carbocycles. The Kier molecular flexibility index (Phi) is 5.69. The van der Waals surface area contributed by atoms with Gasteiger partial charge in [0.2, 0.25) is 0 Å². The van der Waals surface area contributed by atoms with Gasteiger partial charge in [-0.05, 0) is 44.6 Å². The van der Waals surface area contributed by atoms with Crippen LogP contribution in [0.25, 0.3) is 0 Å². The van der Waals surface area contributed by atoms with Gasteiger partial charge in [0.15, 0.2) is 11.0 Å². The molecular weight excluding hydrogens is 335 g/mol. The first-order valence-corrected chi connectivity index (χ1v) is 11.1. The molecule has 1 fully saturated rings. The van der Waals surface area contributed by atoms with E-state index in [-0.39, 0.29) is 10.3 Å². The van der Waals surface area contributed by atoms with Crippen molar-refractivity contribution < 1.29 is 14.9 Å². The highest BCUT2D eigenvalue weighted by Crippen LogP contribution is 2.39. The zero-order chi connectivity index (χ0) is 17.4. The molecule has 2 rings (SSSR count). The zero-order valence-corrected chi connectivity index (χ0v) is 15.4.